The van der Waals surface area contributed by atoms with Gasteiger partial charge in [0, 0.05) is 0 Å². The molecule has 128 valence electrons. The van der Waals surface area contributed by atoms with Crippen LogP contribution in [0.5, 0.6) is 0 Å². The first-order valence-electron chi connectivity index (χ1n) is 7.59. The van der Waals surface area contributed by atoms with Crippen LogP contribution in [0.1, 0.15) is 30.9 Å². The van der Waals surface area contributed by atoms with Gasteiger partial charge in [-0.05, 0) is 54.3 Å². The Labute approximate surface area is 148 Å². The second-order valence-electron chi connectivity index (χ2n) is 5.93. The maximum atomic E-state index is 12.9. The van der Waals surface area contributed by atoms with Crippen molar-refractivity contribution in [3.05, 3.63) is 59.7 Å². The molecule has 0 aliphatic carbocycles. The maximum absolute atomic E-state index is 12.9. The molecule has 24 heavy (non-hydrogen) atoms. The number of rotatable bonds is 6. The van der Waals surface area contributed by atoms with Crippen molar-refractivity contribution in [1.82, 2.24) is 0 Å². The molecule has 2 aromatic rings. The summed E-state index contributed by atoms with van der Waals surface area (Å²) in [5.74, 6) is 0.330. The first kappa shape index (κ1) is 18.5. The molecular weight excluding hydrogens is 346 g/mol. The van der Waals surface area contributed by atoms with E-state index in [2.05, 4.69) is 13.8 Å². The summed E-state index contributed by atoms with van der Waals surface area (Å²) in [6, 6.07) is 13.6. The lowest BCUT2D eigenvalue weighted by molar-refractivity contribution is -0.110. The third kappa shape index (κ3) is 4.16. The number of aryl methyl sites for hydroxylation is 1. The number of benzene rings is 2. The fourth-order valence-corrected chi connectivity index (χ4v) is 3.90. The molecule has 0 heterocycles. The Balaban J connectivity index is 2.47. The lowest BCUT2D eigenvalue weighted by Gasteiger charge is -2.23. The fourth-order valence-electron chi connectivity index (χ4n) is 2.29. The van der Waals surface area contributed by atoms with E-state index < -0.39 is 21.8 Å². The molecule has 0 atom stereocenters. The van der Waals surface area contributed by atoms with Crippen LogP contribution >= 0.6 is 11.6 Å². The van der Waals surface area contributed by atoms with Gasteiger partial charge in [-0.1, -0.05) is 43.7 Å². The molecule has 0 bridgehead atoms. The van der Waals surface area contributed by atoms with E-state index >= 15 is 0 Å². The number of sulfonamides is 1. The third-order valence-corrected chi connectivity index (χ3v) is 5.63. The van der Waals surface area contributed by atoms with Crippen molar-refractivity contribution < 1.29 is 13.2 Å². The van der Waals surface area contributed by atoms with Gasteiger partial charge in [0.15, 0.2) is 0 Å². The Kier molecular flexibility index (Phi) is 5.67. The highest BCUT2D eigenvalue weighted by molar-refractivity contribution is 7.92. The van der Waals surface area contributed by atoms with Gasteiger partial charge in [-0.3, -0.25) is 9.10 Å². The van der Waals surface area contributed by atoms with E-state index in [1.54, 1.807) is 24.3 Å². The molecular formula is C18H20ClNO3S. The summed E-state index contributed by atoms with van der Waals surface area (Å²) >= 11 is 5.48. The van der Waals surface area contributed by atoms with Crippen molar-refractivity contribution in [3.8, 4) is 0 Å². The molecule has 0 fully saturated rings. The molecule has 0 aromatic heterocycles. The molecule has 4 nitrogen and oxygen atoms in total. The fraction of sp³-hybridized carbons (Fsp3) is 0.278. The maximum Gasteiger partial charge on any atom is 0.264 e. The molecule has 2 aromatic carbocycles. The van der Waals surface area contributed by atoms with E-state index in [9.17, 15) is 13.2 Å². The van der Waals surface area contributed by atoms with Crippen LogP contribution in [-0.4, -0.2) is 20.2 Å². The van der Waals surface area contributed by atoms with E-state index in [0.717, 1.165) is 15.4 Å². The second kappa shape index (κ2) is 7.36. The summed E-state index contributed by atoms with van der Waals surface area (Å²) in [5.41, 5.74) is 2.45. The highest BCUT2D eigenvalue weighted by atomic mass is 35.5. The predicted octanol–water partition coefficient (Wildman–Crippen LogP) is 4.08. The SMILES string of the molecule is Cc1ccc(S(=O)(=O)N(CC(=O)Cl)c2ccc(C(C)C)cc2)cc1. The Morgan fingerprint density at radius 2 is 1.58 bits per heavy atom. The van der Waals surface area contributed by atoms with E-state index in [4.69, 9.17) is 11.6 Å². The van der Waals surface area contributed by atoms with Crippen molar-refractivity contribution in [2.24, 2.45) is 0 Å². The standard InChI is InChI=1S/C18H20ClNO3S/c1-13(2)15-6-8-16(9-7-15)20(12-18(19)21)24(22,23)17-10-4-14(3)5-11-17/h4-11,13H,12H2,1-3H3. The summed E-state index contributed by atoms with van der Waals surface area (Å²) < 4.78 is 26.9. The van der Waals surface area contributed by atoms with Gasteiger partial charge in [0.1, 0.15) is 6.54 Å². The van der Waals surface area contributed by atoms with Crippen LogP contribution in [-0.2, 0) is 14.8 Å². The van der Waals surface area contributed by atoms with Crippen LogP contribution in [0.3, 0.4) is 0 Å². The minimum atomic E-state index is -3.87. The van der Waals surface area contributed by atoms with Crippen molar-refractivity contribution in [2.45, 2.75) is 31.6 Å². The van der Waals surface area contributed by atoms with Gasteiger partial charge in [-0.15, -0.1) is 0 Å². The normalized spacial score (nSPS) is 11.5. The van der Waals surface area contributed by atoms with Gasteiger partial charge < -0.3 is 0 Å². The smallest absolute Gasteiger partial charge is 0.264 e. The van der Waals surface area contributed by atoms with Gasteiger partial charge in [-0.25, -0.2) is 8.42 Å². The Bertz CT molecular complexity index is 812. The first-order chi connectivity index (χ1) is 11.2. The highest BCUT2D eigenvalue weighted by Gasteiger charge is 2.26. The molecule has 0 spiro atoms. The molecule has 0 amide bonds. The lowest BCUT2D eigenvalue weighted by Crippen LogP contribution is -2.34. The molecule has 0 aliphatic heterocycles. The lowest BCUT2D eigenvalue weighted by atomic mass is 10.0. The zero-order chi connectivity index (χ0) is 17.9. The molecule has 0 saturated heterocycles. The number of carbonyl (C=O) groups excluding carboxylic acids is 1. The van der Waals surface area contributed by atoms with Gasteiger partial charge in [-0.2, -0.15) is 0 Å². The summed E-state index contributed by atoms with van der Waals surface area (Å²) in [6.45, 7) is 5.57. The van der Waals surface area contributed by atoms with Crippen LogP contribution in [0.15, 0.2) is 53.4 Å². The van der Waals surface area contributed by atoms with E-state index in [-0.39, 0.29) is 4.90 Å². The van der Waals surface area contributed by atoms with Crippen molar-refractivity contribution in [2.75, 3.05) is 10.8 Å². The van der Waals surface area contributed by atoms with Crippen LogP contribution in [0, 0.1) is 6.92 Å². The Hall–Kier alpha value is -1.85. The number of hydrogen-bond acceptors (Lipinski definition) is 3. The number of halogens is 1. The minimum absolute atomic E-state index is 0.124. The summed E-state index contributed by atoms with van der Waals surface area (Å²) in [7, 11) is -3.87. The van der Waals surface area contributed by atoms with Crippen LogP contribution in [0.2, 0.25) is 0 Å². The van der Waals surface area contributed by atoms with Crippen LogP contribution < -0.4 is 4.31 Å². The summed E-state index contributed by atoms with van der Waals surface area (Å²) in [5, 5.41) is -0.737. The third-order valence-electron chi connectivity index (χ3n) is 3.72. The van der Waals surface area contributed by atoms with Crippen molar-refractivity contribution in [3.63, 3.8) is 0 Å². The average molecular weight is 366 g/mol. The van der Waals surface area contributed by atoms with Gasteiger partial charge in [0.2, 0.25) is 5.24 Å². The molecule has 0 radical (unpaired) electrons. The monoisotopic (exact) mass is 365 g/mol. The van der Waals surface area contributed by atoms with Crippen LogP contribution in [0.25, 0.3) is 0 Å². The number of hydrogen-bond donors (Lipinski definition) is 0. The zero-order valence-corrected chi connectivity index (χ0v) is 15.4. The summed E-state index contributed by atoms with van der Waals surface area (Å²) in [4.78, 5) is 11.5. The predicted molar refractivity (Wildman–Crippen MR) is 97.1 cm³/mol. The largest absolute Gasteiger partial charge is 0.279 e. The number of carbonyl (C=O) groups is 1. The molecule has 0 unspecified atom stereocenters. The molecule has 2 rings (SSSR count). The molecule has 0 N–H and O–H groups in total. The minimum Gasteiger partial charge on any atom is -0.279 e. The topological polar surface area (TPSA) is 54.5 Å². The zero-order valence-electron chi connectivity index (χ0n) is 13.9. The number of anilines is 1. The quantitative estimate of drug-likeness (QED) is 0.725. The van der Waals surface area contributed by atoms with Crippen molar-refractivity contribution >= 4 is 32.6 Å². The Morgan fingerprint density at radius 1 is 1.04 bits per heavy atom. The second-order valence-corrected chi connectivity index (χ2v) is 8.21. The average Bonchev–Trinajstić information content (AvgIpc) is 2.53. The Morgan fingerprint density at radius 3 is 2.04 bits per heavy atom. The highest BCUT2D eigenvalue weighted by Crippen LogP contribution is 2.26. The number of nitrogens with zero attached hydrogens (tertiary/aromatic N) is 1. The molecule has 0 aliphatic rings. The van der Waals surface area contributed by atoms with Crippen molar-refractivity contribution in [1.29, 1.82) is 0 Å². The van der Waals surface area contributed by atoms with Gasteiger partial charge in [0.25, 0.3) is 10.0 Å². The van der Waals surface area contributed by atoms with Crippen LogP contribution in [0.4, 0.5) is 5.69 Å². The first-order valence-corrected chi connectivity index (χ1v) is 9.41. The van der Waals surface area contributed by atoms with E-state index in [1.165, 1.54) is 12.1 Å². The molecule has 0 saturated carbocycles. The van der Waals surface area contributed by atoms with E-state index in [0.29, 0.717) is 11.6 Å². The van der Waals surface area contributed by atoms with Gasteiger partial charge >= 0.3 is 0 Å². The summed E-state index contributed by atoms with van der Waals surface area (Å²) in [6.07, 6.45) is 0. The van der Waals surface area contributed by atoms with Gasteiger partial charge in [0.05, 0.1) is 10.6 Å². The van der Waals surface area contributed by atoms with E-state index in [1.807, 2.05) is 19.1 Å². The molecule has 6 heteroatoms.